The summed E-state index contributed by atoms with van der Waals surface area (Å²) in [5.41, 5.74) is 1.86. The van der Waals surface area contributed by atoms with Crippen molar-refractivity contribution < 1.29 is 4.74 Å². The summed E-state index contributed by atoms with van der Waals surface area (Å²) in [4.78, 5) is 2.44. The third-order valence-electron chi connectivity index (χ3n) is 4.18. The topological polar surface area (TPSA) is 24.5 Å². The fraction of sp³-hybridized carbons (Fsp3) is 0.625. The van der Waals surface area contributed by atoms with Gasteiger partial charge in [-0.25, -0.2) is 0 Å². The van der Waals surface area contributed by atoms with Crippen molar-refractivity contribution >= 4 is 0 Å². The molecule has 0 heterocycles. The van der Waals surface area contributed by atoms with Gasteiger partial charge in [0.05, 0.1) is 7.11 Å². The average Bonchev–Trinajstić information content (AvgIpc) is 2.37. The minimum absolute atomic E-state index is 0.510. The molecule has 1 aromatic rings. The molecule has 0 amide bonds. The highest BCUT2D eigenvalue weighted by Crippen LogP contribution is 2.40. The minimum Gasteiger partial charge on any atom is -0.497 e. The first-order valence-corrected chi connectivity index (χ1v) is 7.13. The Bertz CT molecular complexity index is 384. The van der Waals surface area contributed by atoms with Gasteiger partial charge in [0.1, 0.15) is 5.75 Å². The van der Waals surface area contributed by atoms with Gasteiger partial charge in [0.25, 0.3) is 0 Å². The van der Waals surface area contributed by atoms with E-state index in [4.69, 9.17) is 4.74 Å². The average molecular weight is 262 g/mol. The normalized spacial score (nSPS) is 17.3. The van der Waals surface area contributed by atoms with E-state index in [2.05, 4.69) is 36.4 Å². The first-order chi connectivity index (χ1) is 9.17. The maximum atomic E-state index is 5.19. The standard InChI is InChI=1S/C16H26N2O/c1-17-12-16(9-4-10-16)13-18(2)11-14-5-7-15(19-3)8-6-14/h5-8,17H,4,9-13H2,1-3H3. The summed E-state index contributed by atoms with van der Waals surface area (Å²) in [7, 11) is 5.99. The van der Waals surface area contributed by atoms with Gasteiger partial charge >= 0.3 is 0 Å². The first-order valence-electron chi connectivity index (χ1n) is 7.13. The molecule has 1 aliphatic rings. The molecule has 0 aliphatic heterocycles. The minimum atomic E-state index is 0.510. The molecule has 106 valence electrons. The Kier molecular flexibility index (Phi) is 4.83. The van der Waals surface area contributed by atoms with Gasteiger partial charge in [0.15, 0.2) is 0 Å². The highest BCUT2D eigenvalue weighted by Gasteiger charge is 2.36. The molecule has 1 saturated carbocycles. The van der Waals surface area contributed by atoms with Crippen LogP contribution in [-0.4, -0.2) is 39.2 Å². The van der Waals surface area contributed by atoms with E-state index in [-0.39, 0.29) is 0 Å². The highest BCUT2D eigenvalue weighted by molar-refractivity contribution is 5.27. The van der Waals surface area contributed by atoms with Crippen LogP contribution >= 0.6 is 0 Å². The molecule has 0 unspecified atom stereocenters. The van der Waals surface area contributed by atoms with Crippen molar-refractivity contribution in [3.63, 3.8) is 0 Å². The zero-order chi connectivity index (χ0) is 13.7. The number of rotatable bonds is 7. The molecule has 0 atom stereocenters. The molecular weight excluding hydrogens is 236 g/mol. The van der Waals surface area contributed by atoms with Crippen LogP contribution in [0.25, 0.3) is 0 Å². The van der Waals surface area contributed by atoms with Crippen LogP contribution in [0.3, 0.4) is 0 Å². The number of ether oxygens (including phenoxy) is 1. The number of nitrogens with one attached hydrogen (secondary N) is 1. The summed E-state index contributed by atoms with van der Waals surface area (Å²) >= 11 is 0. The lowest BCUT2D eigenvalue weighted by molar-refractivity contribution is 0.0768. The maximum absolute atomic E-state index is 5.19. The molecular formula is C16H26N2O. The second kappa shape index (κ2) is 6.40. The predicted molar refractivity (Wildman–Crippen MR) is 79.5 cm³/mol. The van der Waals surface area contributed by atoms with Crippen LogP contribution in [0.2, 0.25) is 0 Å². The van der Waals surface area contributed by atoms with Crippen molar-refractivity contribution in [1.29, 1.82) is 0 Å². The Morgan fingerprint density at radius 3 is 2.42 bits per heavy atom. The SMILES string of the molecule is CNCC1(CN(C)Cc2ccc(OC)cc2)CCC1. The van der Waals surface area contributed by atoms with Gasteiger partial charge in [-0.3, -0.25) is 0 Å². The molecule has 0 bridgehead atoms. The molecule has 1 aromatic carbocycles. The van der Waals surface area contributed by atoms with E-state index >= 15 is 0 Å². The number of benzene rings is 1. The summed E-state index contributed by atoms with van der Waals surface area (Å²) in [6, 6.07) is 8.38. The highest BCUT2D eigenvalue weighted by atomic mass is 16.5. The van der Waals surface area contributed by atoms with Crippen LogP contribution < -0.4 is 10.1 Å². The van der Waals surface area contributed by atoms with E-state index in [0.29, 0.717) is 5.41 Å². The van der Waals surface area contributed by atoms with Gasteiger partial charge in [-0.1, -0.05) is 18.6 Å². The van der Waals surface area contributed by atoms with Crippen LogP contribution in [0, 0.1) is 5.41 Å². The molecule has 0 radical (unpaired) electrons. The van der Waals surface area contributed by atoms with Gasteiger partial charge < -0.3 is 15.0 Å². The summed E-state index contributed by atoms with van der Waals surface area (Å²) in [6.07, 6.45) is 4.11. The molecule has 0 saturated heterocycles. The quantitative estimate of drug-likeness (QED) is 0.817. The van der Waals surface area contributed by atoms with Crippen LogP contribution in [0.4, 0.5) is 0 Å². The van der Waals surface area contributed by atoms with E-state index < -0.39 is 0 Å². The van der Waals surface area contributed by atoms with E-state index in [1.165, 1.54) is 31.4 Å². The fourth-order valence-corrected chi connectivity index (χ4v) is 3.11. The van der Waals surface area contributed by atoms with Crippen molar-refractivity contribution in [2.24, 2.45) is 5.41 Å². The van der Waals surface area contributed by atoms with E-state index in [0.717, 1.165) is 18.8 Å². The number of hydrogen-bond acceptors (Lipinski definition) is 3. The van der Waals surface area contributed by atoms with E-state index in [9.17, 15) is 0 Å². The third-order valence-corrected chi connectivity index (χ3v) is 4.18. The molecule has 0 spiro atoms. The Labute approximate surface area is 116 Å². The van der Waals surface area contributed by atoms with E-state index in [1.807, 2.05) is 12.1 Å². The van der Waals surface area contributed by atoms with Crippen molar-refractivity contribution in [2.45, 2.75) is 25.8 Å². The summed E-state index contributed by atoms with van der Waals surface area (Å²) < 4.78 is 5.19. The number of hydrogen-bond donors (Lipinski definition) is 1. The lowest BCUT2D eigenvalue weighted by Gasteiger charge is -2.44. The summed E-state index contributed by atoms with van der Waals surface area (Å²) in [6.45, 7) is 3.33. The lowest BCUT2D eigenvalue weighted by atomic mass is 9.68. The number of nitrogens with zero attached hydrogens (tertiary/aromatic N) is 1. The summed E-state index contributed by atoms with van der Waals surface area (Å²) in [5, 5.41) is 3.35. The van der Waals surface area contributed by atoms with Gasteiger partial charge in [-0.05, 0) is 50.0 Å². The van der Waals surface area contributed by atoms with Crippen molar-refractivity contribution in [2.75, 3.05) is 34.3 Å². The van der Waals surface area contributed by atoms with Crippen LogP contribution in [0.15, 0.2) is 24.3 Å². The number of methoxy groups -OCH3 is 1. The second-order valence-electron chi connectivity index (χ2n) is 5.90. The summed E-state index contributed by atoms with van der Waals surface area (Å²) in [5.74, 6) is 0.928. The zero-order valence-electron chi connectivity index (χ0n) is 12.4. The molecule has 19 heavy (non-hydrogen) atoms. The molecule has 2 rings (SSSR count). The molecule has 1 aliphatic carbocycles. The largest absolute Gasteiger partial charge is 0.497 e. The fourth-order valence-electron chi connectivity index (χ4n) is 3.11. The molecule has 1 N–H and O–H groups in total. The Morgan fingerprint density at radius 1 is 1.26 bits per heavy atom. The molecule has 3 nitrogen and oxygen atoms in total. The van der Waals surface area contributed by atoms with Crippen LogP contribution in [0.1, 0.15) is 24.8 Å². The monoisotopic (exact) mass is 262 g/mol. The Morgan fingerprint density at radius 2 is 1.95 bits per heavy atom. The molecule has 3 heteroatoms. The maximum Gasteiger partial charge on any atom is 0.118 e. The Balaban J connectivity index is 1.87. The second-order valence-corrected chi connectivity index (χ2v) is 5.90. The van der Waals surface area contributed by atoms with Gasteiger partial charge in [0.2, 0.25) is 0 Å². The van der Waals surface area contributed by atoms with Crippen molar-refractivity contribution in [3.05, 3.63) is 29.8 Å². The first kappa shape index (κ1) is 14.4. The zero-order valence-corrected chi connectivity index (χ0v) is 12.4. The van der Waals surface area contributed by atoms with Crippen LogP contribution in [-0.2, 0) is 6.54 Å². The Hall–Kier alpha value is -1.06. The smallest absolute Gasteiger partial charge is 0.118 e. The molecule has 1 fully saturated rings. The van der Waals surface area contributed by atoms with Gasteiger partial charge in [0, 0.05) is 19.6 Å². The van der Waals surface area contributed by atoms with Crippen molar-refractivity contribution in [1.82, 2.24) is 10.2 Å². The van der Waals surface area contributed by atoms with Gasteiger partial charge in [-0.2, -0.15) is 0 Å². The van der Waals surface area contributed by atoms with E-state index in [1.54, 1.807) is 7.11 Å². The molecule has 0 aromatic heterocycles. The van der Waals surface area contributed by atoms with Crippen LogP contribution in [0.5, 0.6) is 5.75 Å². The third kappa shape index (κ3) is 3.71. The lowest BCUT2D eigenvalue weighted by Crippen LogP contribution is -2.46. The van der Waals surface area contributed by atoms with Crippen molar-refractivity contribution in [3.8, 4) is 5.75 Å². The van der Waals surface area contributed by atoms with Gasteiger partial charge in [-0.15, -0.1) is 0 Å². The predicted octanol–water partition coefficient (Wildman–Crippen LogP) is 2.52.